The molecule has 1 fully saturated rings. The Hall–Kier alpha value is -1.60. The lowest BCUT2D eigenvalue weighted by Crippen LogP contribution is -2.35. The molecule has 21 heavy (non-hydrogen) atoms. The maximum atomic E-state index is 10.9. The van der Waals surface area contributed by atoms with Gasteiger partial charge in [-0.05, 0) is 24.7 Å². The van der Waals surface area contributed by atoms with Gasteiger partial charge >= 0.3 is 0 Å². The molecule has 0 unspecified atom stereocenters. The van der Waals surface area contributed by atoms with Gasteiger partial charge < -0.3 is 4.74 Å². The Bertz CT molecular complexity index is 665. The molecule has 6 nitrogen and oxygen atoms in total. The second-order valence-electron chi connectivity index (χ2n) is 5.57. The van der Waals surface area contributed by atoms with Gasteiger partial charge in [0.05, 0.1) is 16.6 Å². The van der Waals surface area contributed by atoms with E-state index < -0.39 is 0 Å². The third-order valence-corrected chi connectivity index (χ3v) is 4.88. The van der Waals surface area contributed by atoms with E-state index in [0.717, 1.165) is 42.7 Å². The van der Waals surface area contributed by atoms with E-state index in [-0.39, 0.29) is 16.0 Å². The van der Waals surface area contributed by atoms with E-state index in [9.17, 15) is 10.1 Å². The highest BCUT2D eigenvalue weighted by Gasteiger charge is 2.32. The van der Waals surface area contributed by atoms with Gasteiger partial charge in [-0.15, -0.1) is 0 Å². The van der Waals surface area contributed by atoms with E-state index in [4.69, 9.17) is 4.74 Å². The SMILES string of the molecule is O=[N+]([O-])c1ccc2cnn(CC3(CS)CCOCC3)c2c1. The van der Waals surface area contributed by atoms with Crippen LogP contribution in [-0.4, -0.2) is 33.7 Å². The number of rotatable bonds is 4. The molecular weight excluding hydrogens is 290 g/mol. The van der Waals surface area contributed by atoms with E-state index in [1.54, 1.807) is 18.3 Å². The van der Waals surface area contributed by atoms with Crippen molar-refractivity contribution in [3.8, 4) is 0 Å². The van der Waals surface area contributed by atoms with Gasteiger partial charge in [0.15, 0.2) is 0 Å². The van der Waals surface area contributed by atoms with Gasteiger partial charge in [-0.3, -0.25) is 14.8 Å². The van der Waals surface area contributed by atoms with Crippen LogP contribution in [0.3, 0.4) is 0 Å². The third-order valence-electron chi connectivity index (χ3n) is 4.21. The number of benzene rings is 1. The second kappa shape index (κ2) is 5.65. The average Bonchev–Trinajstić information content (AvgIpc) is 2.90. The lowest BCUT2D eigenvalue weighted by Gasteiger charge is -2.35. The molecule has 3 rings (SSSR count). The van der Waals surface area contributed by atoms with Crippen molar-refractivity contribution in [1.82, 2.24) is 9.78 Å². The van der Waals surface area contributed by atoms with Crippen molar-refractivity contribution in [2.24, 2.45) is 5.41 Å². The normalized spacial score (nSPS) is 18.0. The van der Waals surface area contributed by atoms with Crippen LogP contribution in [0.2, 0.25) is 0 Å². The summed E-state index contributed by atoms with van der Waals surface area (Å²) in [6.45, 7) is 2.18. The molecule has 0 amide bonds. The molecule has 1 saturated heterocycles. The first-order valence-corrected chi connectivity index (χ1v) is 7.55. The maximum absolute atomic E-state index is 10.9. The Morgan fingerprint density at radius 3 is 2.86 bits per heavy atom. The molecule has 0 spiro atoms. The van der Waals surface area contributed by atoms with Gasteiger partial charge in [0, 0.05) is 42.7 Å². The summed E-state index contributed by atoms with van der Waals surface area (Å²) in [7, 11) is 0. The highest BCUT2D eigenvalue weighted by molar-refractivity contribution is 7.80. The zero-order chi connectivity index (χ0) is 14.9. The van der Waals surface area contributed by atoms with Crippen LogP contribution in [0.4, 0.5) is 5.69 Å². The fraction of sp³-hybridized carbons (Fsp3) is 0.500. The molecule has 0 saturated carbocycles. The lowest BCUT2D eigenvalue weighted by atomic mass is 9.82. The minimum Gasteiger partial charge on any atom is -0.381 e. The first-order valence-electron chi connectivity index (χ1n) is 6.92. The fourth-order valence-electron chi connectivity index (χ4n) is 2.79. The molecule has 1 aliphatic heterocycles. The number of hydrogen-bond acceptors (Lipinski definition) is 5. The number of nitro groups is 1. The highest BCUT2D eigenvalue weighted by Crippen LogP contribution is 2.34. The van der Waals surface area contributed by atoms with Crippen molar-refractivity contribution >= 4 is 29.2 Å². The first kappa shape index (κ1) is 14.3. The number of nitrogens with zero attached hydrogens (tertiary/aromatic N) is 3. The van der Waals surface area contributed by atoms with Gasteiger partial charge in [0.1, 0.15) is 0 Å². The number of thiol groups is 1. The molecule has 1 aromatic heterocycles. The van der Waals surface area contributed by atoms with Crippen LogP contribution in [0.1, 0.15) is 12.8 Å². The zero-order valence-corrected chi connectivity index (χ0v) is 12.5. The molecule has 0 N–H and O–H groups in total. The number of ether oxygens (including phenoxy) is 1. The minimum absolute atomic E-state index is 0.0466. The molecule has 2 aromatic rings. The minimum atomic E-state index is -0.375. The van der Waals surface area contributed by atoms with E-state index in [2.05, 4.69) is 17.7 Å². The van der Waals surface area contributed by atoms with Gasteiger partial charge in [-0.1, -0.05) is 0 Å². The quantitative estimate of drug-likeness (QED) is 0.535. The summed E-state index contributed by atoms with van der Waals surface area (Å²) < 4.78 is 7.30. The van der Waals surface area contributed by atoms with Crippen molar-refractivity contribution in [1.29, 1.82) is 0 Å². The van der Waals surface area contributed by atoms with Crippen molar-refractivity contribution in [3.63, 3.8) is 0 Å². The van der Waals surface area contributed by atoms with Gasteiger partial charge in [-0.25, -0.2) is 0 Å². The van der Waals surface area contributed by atoms with Crippen LogP contribution in [0.25, 0.3) is 10.9 Å². The summed E-state index contributed by atoms with van der Waals surface area (Å²) in [6, 6.07) is 4.85. The predicted octanol–water partition coefficient (Wildman–Crippen LogP) is 2.67. The number of hydrogen-bond donors (Lipinski definition) is 1. The lowest BCUT2D eigenvalue weighted by molar-refractivity contribution is -0.384. The monoisotopic (exact) mass is 307 g/mol. The number of fused-ring (bicyclic) bond motifs is 1. The molecule has 112 valence electrons. The van der Waals surface area contributed by atoms with Gasteiger partial charge in [0.2, 0.25) is 0 Å². The Morgan fingerprint density at radius 1 is 1.43 bits per heavy atom. The summed E-state index contributed by atoms with van der Waals surface area (Å²) in [5, 5.41) is 16.3. The molecule has 1 aromatic carbocycles. The largest absolute Gasteiger partial charge is 0.381 e. The van der Waals surface area contributed by atoms with Crippen LogP contribution in [0.5, 0.6) is 0 Å². The average molecular weight is 307 g/mol. The Kier molecular flexibility index (Phi) is 3.86. The summed E-state index contributed by atoms with van der Waals surface area (Å²) in [5.74, 6) is 0.757. The van der Waals surface area contributed by atoms with Gasteiger partial charge in [0.25, 0.3) is 5.69 Å². The molecule has 0 radical (unpaired) electrons. The summed E-state index contributed by atoms with van der Waals surface area (Å²) >= 11 is 4.50. The van der Waals surface area contributed by atoms with Gasteiger partial charge in [-0.2, -0.15) is 17.7 Å². The standard InChI is InChI=1S/C14H17N3O3S/c18-17(19)12-2-1-11-8-15-16(13(11)7-12)9-14(10-21)3-5-20-6-4-14/h1-2,7-8,21H,3-6,9-10H2. The van der Waals surface area contributed by atoms with Crippen molar-refractivity contribution in [3.05, 3.63) is 34.5 Å². The molecule has 2 heterocycles. The molecule has 0 aliphatic carbocycles. The summed E-state index contributed by atoms with van der Waals surface area (Å²) in [5.41, 5.74) is 0.943. The molecule has 7 heteroatoms. The molecule has 0 atom stereocenters. The molecular formula is C14H17N3O3S. The van der Waals surface area contributed by atoms with Crippen LogP contribution < -0.4 is 0 Å². The topological polar surface area (TPSA) is 70.2 Å². The second-order valence-corrected chi connectivity index (χ2v) is 5.89. The predicted molar refractivity (Wildman–Crippen MR) is 82.7 cm³/mol. The first-order chi connectivity index (χ1) is 10.1. The van der Waals surface area contributed by atoms with Crippen LogP contribution in [-0.2, 0) is 11.3 Å². The van der Waals surface area contributed by atoms with Crippen LogP contribution in [0.15, 0.2) is 24.4 Å². The van der Waals surface area contributed by atoms with Crippen molar-refractivity contribution < 1.29 is 9.66 Å². The fourth-order valence-corrected chi connectivity index (χ4v) is 3.20. The van der Waals surface area contributed by atoms with Crippen LogP contribution in [0, 0.1) is 15.5 Å². The Morgan fingerprint density at radius 2 is 2.19 bits per heavy atom. The number of non-ortho nitro benzene ring substituents is 1. The Balaban J connectivity index is 1.96. The van der Waals surface area contributed by atoms with E-state index >= 15 is 0 Å². The molecule has 0 bridgehead atoms. The summed E-state index contributed by atoms with van der Waals surface area (Å²) in [6.07, 6.45) is 3.63. The van der Waals surface area contributed by atoms with Crippen molar-refractivity contribution in [2.45, 2.75) is 19.4 Å². The smallest absolute Gasteiger partial charge is 0.271 e. The highest BCUT2D eigenvalue weighted by atomic mass is 32.1. The summed E-state index contributed by atoms with van der Waals surface area (Å²) in [4.78, 5) is 10.6. The van der Waals surface area contributed by atoms with Crippen LogP contribution >= 0.6 is 12.6 Å². The van der Waals surface area contributed by atoms with E-state index in [0.29, 0.717) is 6.54 Å². The number of nitro benzene ring substituents is 1. The van der Waals surface area contributed by atoms with E-state index in [1.807, 2.05) is 4.68 Å². The zero-order valence-electron chi connectivity index (χ0n) is 11.6. The van der Waals surface area contributed by atoms with E-state index in [1.165, 1.54) is 6.07 Å². The number of aromatic nitrogens is 2. The third kappa shape index (κ3) is 2.75. The molecule has 1 aliphatic rings. The van der Waals surface area contributed by atoms with Crippen molar-refractivity contribution in [2.75, 3.05) is 19.0 Å². The maximum Gasteiger partial charge on any atom is 0.271 e. The Labute approximate surface area is 127 Å².